The molecule has 0 heterocycles. The lowest BCUT2D eigenvalue weighted by Gasteiger charge is -1.96. The van der Waals surface area contributed by atoms with Gasteiger partial charge in [0.25, 0.3) is 0 Å². The first kappa shape index (κ1) is 9.76. The van der Waals surface area contributed by atoms with Crippen LogP contribution in [-0.2, 0) is 0 Å². The second kappa shape index (κ2) is 4.06. The first-order valence-electron chi connectivity index (χ1n) is 3.58. The number of rotatable bonds is 1. The molecule has 0 aromatic heterocycles. The molecule has 1 rings (SSSR count). The molecule has 0 bridgehead atoms. The maximum absolute atomic E-state index is 13.0. The number of nitriles is 1. The molecule has 0 aliphatic rings. The number of benzene rings is 1. The normalized spacial score (nSPS) is 8.29. The number of carbonyl (C=O) groups is 1. The van der Waals surface area contributed by atoms with Crippen molar-refractivity contribution in [2.24, 2.45) is 0 Å². The number of carboxylic acid groups (broad SMARTS) is 1. The van der Waals surface area contributed by atoms with Gasteiger partial charge in [-0.1, -0.05) is 5.92 Å². The van der Waals surface area contributed by atoms with E-state index in [9.17, 15) is 9.18 Å². The third-order valence-corrected chi connectivity index (χ3v) is 1.46. The molecular formula is C10H4FNO2. The molecular weight excluding hydrogens is 185 g/mol. The summed E-state index contributed by atoms with van der Waals surface area (Å²) in [6.45, 7) is 0. The first-order chi connectivity index (χ1) is 6.65. The van der Waals surface area contributed by atoms with Crippen molar-refractivity contribution in [2.45, 2.75) is 0 Å². The highest BCUT2D eigenvalue weighted by Gasteiger charge is 2.09. The fourth-order valence-electron chi connectivity index (χ4n) is 0.866. The van der Waals surface area contributed by atoms with Gasteiger partial charge in [-0.15, -0.1) is 0 Å². The predicted octanol–water partition coefficient (Wildman–Crippen LogP) is 1.40. The number of nitrogens with zero attached hydrogens (tertiary/aromatic N) is 1. The predicted molar refractivity (Wildman–Crippen MR) is 45.9 cm³/mol. The molecule has 0 saturated heterocycles. The van der Waals surface area contributed by atoms with E-state index in [1.165, 1.54) is 6.07 Å². The molecule has 0 saturated carbocycles. The molecule has 14 heavy (non-hydrogen) atoms. The summed E-state index contributed by atoms with van der Waals surface area (Å²) in [4.78, 5) is 10.4. The lowest BCUT2D eigenvalue weighted by atomic mass is 10.1. The van der Waals surface area contributed by atoms with Crippen LogP contribution in [0.1, 0.15) is 15.9 Å². The van der Waals surface area contributed by atoms with Gasteiger partial charge in [0.1, 0.15) is 5.82 Å². The molecule has 3 nitrogen and oxygen atoms in total. The lowest BCUT2D eigenvalue weighted by molar-refractivity contribution is 0.0692. The molecule has 1 aromatic rings. The number of aromatic carboxylic acids is 1. The summed E-state index contributed by atoms with van der Waals surface area (Å²) in [5.41, 5.74) is -0.137. The number of carboxylic acids is 1. The number of hydrogen-bond donors (Lipinski definition) is 1. The van der Waals surface area contributed by atoms with Crippen molar-refractivity contribution in [3.8, 4) is 17.9 Å². The van der Waals surface area contributed by atoms with Crippen LogP contribution in [0.15, 0.2) is 18.2 Å². The average Bonchev–Trinajstić information content (AvgIpc) is 2.14. The van der Waals surface area contributed by atoms with Crippen LogP contribution >= 0.6 is 0 Å². The van der Waals surface area contributed by atoms with Crippen molar-refractivity contribution >= 4 is 5.97 Å². The Morgan fingerprint density at radius 2 is 2.21 bits per heavy atom. The Hall–Kier alpha value is -2.33. The summed E-state index contributed by atoms with van der Waals surface area (Å²) in [5, 5.41) is 16.6. The van der Waals surface area contributed by atoms with Gasteiger partial charge in [0.2, 0.25) is 0 Å². The highest BCUT2D eigenvalue weighted by atomic mass is 19.1. The summed E-state index contributed by atoms with van der Waals surface area (Å²) in [7, 11) is 0. The van der Waals surface area contributed by atoms with Crippen LogP contribution in [0.2, 0.25) is 0 Å². The minimum Gasteiger partial charge on any atom is -0.478 e. The summed E-state index contributed by atoms with van der Waals surface area (Å²) in [6, 6.07) is 5.01. The molecule has 0 radical (unpaired) electrons. The molecule has 0 unspecified atom stereocenters. The summed E-state index contributed by atoms with van der Waals surface area (Å²) in [5.74, 6) is 2.25. The molecule has 0 atom stereocenters. The van der Waals surface area contributed by atoms with E-state index in [0.29, 0.717) is 0 Å². The molecule has 0 spiro atoms. The second-order valence-corrected chi connectivity index (χ2v) is 2.36. The number of halogens is 1. The van der Waals surface area contributed by atoms with Crippen molar-refractivity contribution in [3.63, 3.8) is 0 Å². The fraction of sp³-hybridized carbons (Fsp3) is 0. The van der Waals surface area contributed by atoms with Crippen molar-refractivity contribution in [3.05, 3.63) is 35.1 Å². The summed E-state index contributed by atoms with van der Waals surface area (Å²) in [6.07, 6.45) is 0. The van der Waals surface area contributed by atoms with Gasteiger partial charge in [0, 0.05) is 11.5 Å². The first-order valence-corrected chi connectivity index (χ1v) is 3.58. The zero-order valence-corrected chi connectivity index (χ0v) is 6.91. The van der Waals surface area contributed by atoms with Gasteiger partial charge in [-0.05, 0) is 18.2 Å². The quantitative estimate of drug-likeness (QED) is 0.679. The molecule has 0 aliphatic carbocycles. The maximum Gasteiger partial charge on any atom is 0.338 e. The molecule has 0 fully saturated rings. The maximum atomic E-state index is 13.0. The van der Waals surface area contributed by atoms with Gasteiger partial charge >= 0.3 is 5.97 Å². The molecule has 1 aromatic carbocycles. The van der Waals surface area contributed by atoms with E-state index < -0.39 is 17.3 Å². The van der Waals surface area contributed by atoms with Crippen LogP contribution in [0.3, 0.4) is 0 Å². The van der Waals surface area contributed by atoms with Crippen molar-refractivity contribution in [1.82, 2.24) is 0 Å². The molecule has 1 N–H and O–H groups in total. The lowest BCUT2D eigenvalue weighted by Crippen LogP contribution is -2.00. The van der Waals surface area contributed by atoms with E-state index in [-0.39, 0.29) is 5.56 Å². The molecule has 0 amide bonds. The summed E-state index contributed by atoms with van der Waals surface area (Å²) < 4.78 is 13.0. The van der Waals surface area contributed by atoms with E-state index in [1.807, 2.05) is 0 Å². The zero-order chi connectivity index (χ0) is 10.6. The molecule has 4 heteroatoms. The minimum atomic E-state index is -1.33. The number of hydrogen-bond acceptors (Lipinski definition) is 2. The second-order valence-electron chi connectivity index (χ2n) is 2.36. The zero-order valence-electron chi connectivity index (χ0n) is 6.91. The topological polar surface area (TPSA) is 61.1 Å². The minimum absolute atomic E-state index is 0.272. The van der Waals surface area contributed by atoms with Crippen LogP contribution in [0.25, 0.3) is 0 Å². The van der Waals surface area contributed by atoms with Gasteiger partial charge in [0.15, 0.2) is 6.07 Å². The van der Waals surface area contributed by atoms with Crippen LogP contribution in [0.4, 0.5) is 4.39 Å². The van der Waals surface area contributed by atoms with Crippen LogP contribution < -0.4 is 0 Å². The summed E-state index contributed by atoms with van der Waals surface area (Å²) >= 11 is 0. The van der Waals surface area contributed by atoms with E-state index in [2.05, 4.69) is 11.8 Å². The molecule has 0 aliphatic heterocycles. The van der Waals surface area contributed by atoms with Crippen LogP contribution in [0, 0.1) is 29.0 Å². The van der Waals surface area contributed by atoms with Gasteiger partial charge < -0.3 is 5.11 Å². The Bertz CT molecular complexity index is 477. The third kappa shape index (κ3) is 2.09. The highest BCUT2D eigenvalue weighted by Crippen LogP contribution is 2.09. The van der Waals surface area contributed by atoms with Gasteiger partial charge in [-0.25, -0.2) is 9.18 Å². The van der Waals surface area contributed by atoms with E-state index in [0.717, 1.165) is 12.1 Å². The van der Waals surface area contributed by atoms with E-state index in [1.54, 1.807) is 6.07 Å². The van der Waals surface area contributed by atoms with Gasteiger partial charge in [-0.2, -0.15) is 5.26 Å². The van der Waals surface area contributed by atoms with Crippen molar-refractivity contribution in [1.29, 1.82) is 5.26 Å². The van der Waals surface area contributed by atoms with E-state index >= 15 is 0 Å². The van der Waals surface area contributed by atoms with E-state index in [4.69, 9.17) is 10.4 Å². The largest absolute Gasteiger partial charge is 0.478 e. The third-order valence-electron chi connectivity index (χ3n) is 1.46. The average molecular weight is 189 g/mol. The smallest absolute Gasteiger partial charge is 0.338 e. The monoisotopic (exact) mass is 189 g/mol. The highest BCUT2D eigenvalue weighted by molar-refractivity contribution is 5.88. The molecule has 68 valence electrons. The fourth-order valence-corrected chi connectivity index (χ4v) is 0.866. The Morgan fingerprint density at radius 3 is 2.71 bits per heavy atom. The van der Waals surface area contributed by atoms with Crippen molar-refractivity contribution in [2.75, 3.05) is 0 Å². The Morgan fingerprint density at radius 1 is 1.50 bits per heavy atom. The Balaban J connectivity index is 3.14. The SMILES string of the molecule is N#CC#Cc1ccc(C(=O)O)c(F)c1. The Kier molecular flexibility index (Phi) is 2.83. The van der Waals surface area contributed by atoms with Gasteiger partial charge in [0.05, 0.1) is 5.56 Å². The Labute approximate surface area is 79.4 Å². The van der Waals surface area contributed by atoms with Crippen LogP contribution in [0.5, 0.6) is 0 Å². The standard InChI is InChI=1S/C10H4FNO2/c11-9-6-7(2-1-5-12)3-4-8(9)10(13)14/h3-4,6H,(H,13,14). The van der Waals surface area contributed by atoms with Gasteiger partial charge in [-0.3, -0.25) is 0 Å². The van der Waals surface area contributed by atoms with Crippen molar-refractivity contribution < 1.29 is 14.3 Å². The van der Waals surface area contributed by atoms with Crippen LogP contribution in [-0.4, -0.2) is 11.1 Å².